The Morgan fingerprint density at radius 1 is 1.24 bits per heavy atom. The summed E-state index contributed by atoms with van der Waals surface area (Å²) in [4.78, 5) is 23.1. The summed E-state index contributed by atoms with van der Waals surface area (Å²) in [5, 5.41) is 0.968. The number of aromatic nitrogens is 3. The van der Waals surface area contributed by atoms with E-state index in [1.807, 2.05) is 30.6 Å². The van der Waals surface area contributed by atoms with Gasteiger partial charge in [0.1, 0.15) is 5.65 Å². The summed E-state index contributed by atoms with van der Waals surface area (Å²) in [6.07, 6.45) is 8.80. The van der Waals surface area contributed by atoms with Crippen LogP contribution in [-0.4, -0.2) is 27.3 Å². The summed E-state index contributed by atoms with van der Waals surface area (Å²) >= 11 is 0. The molecule has 0 radical (unpaired) electrons. The molecule has 128 valence electrons. The number of pyridine rings is 2. The van der Waals surface area contributed by atoms with Crippen molar-refractivity contribution >= 4 is 22.9 Å². The molecule has 1 N–H and O–H groups in total. The minimum Gasteiger partial charge on any atom is -0.477 e. The van der Waals surface area contributed by atoms with Gasteiger partial charge in [0.15, 0.2) is 5.78 Å². The summed E-state index contributed by atoms with van der Waals surface area (Å²) in [5.74, 6) is 1.10. The zero-order chi connectivity index (χ0) is 17.8. The van der Waals surface area contributed by atoms with E-state index in [4.69, 9.17) is 4.74 Å². The molecule has 0 amide bonds. The highest BCUT2D eigenvalue weighted by Crippen LogP contribution is 2.26. The van der Waals surface area contributed by atoms with E-state index < -0.39 is 0 Å². The van der Waals surface area contributed by atoms with Crippen LogP contribution in [0.25, 0.3) is 28.2 Å². The Hall–Kier alpha value is -2.95. The van der Waals surface area contributed by atoms with E-state index in [-0.39, 0.29) is 5.78 Å². The van der Waals surface area contributed by atoms with Crippen molar-refractivity contribution in [2.24, 2.45) is 5.92 Å². The van der Waals surface area contributed by atoms with Crippen molar-refractivity contribution in [3.8, 4) is 17.0 Å². The predicted molar refractivity (Wildman–Crippen MR) is 99.4 cm³/mol. The van der Waals surface area contributed by atoms with Crippen molar-refractivity contribution in [1.29, 1.82) is 0 Å². The molecule has 0 saturated carbocycles. The lowest BCUT2D eigenvalue weighted by molar-refractivity contribution is -0.112. The molecule has 0 aliphatic carbocycles. The monoisotopic (exact) mass is 335 g/mol. The van der Waals surface area contributed by atoms with Crippen LogP contribution in [-0.2, 0) is 4.79 Å². The first-order valence-electron chi connectivity index (χ1n) is 8.28. The maximum Gasteiger partial charge on any atom is 0.213 e. The van der Waals surface area contributed by atoms with Crippen molar-refractivity contribution < 1.29 is 9.53 Å². The molecule has 3 aromatic rings. The van der Waals surface area contributed by atoms with Gasteiger partial charge >= 0.3 is 0 Å². The lowest BCUT2D eigenvalue weighted by Crippen LogP contribution is -2.05. The summed E-state index contributed by atoms with van der Waals surface area (Å²) in [5.41, 5.74) is 3.66. The van der Waals surface area contributed by atoms with Gasteiger partial charge in [-0.2, -0.15) is 0 Å². The highest BCUT2D eigenvalue weighted by molar-refractivity contribution is 5.96. The third-order valence-corrected chi connectivity index (χ3v) is 3.69. The van der Waals surface area contributed by atoms with E-state index in [2.05, 4.69) is 28.8 Å². The quantitative estimate of drug-likeness (QED) is 0.683. The number of aromatic amines is 1. The third-order valence-electron chi connectivity index (χ3n) is 3.69. The standard InChI is InChI=1S/C20H21N3O2/c1-13(2)12-25-19-7-6-15(9-21-19)17-8-18-16(5-4-14(3)24)10-22-20(18)23-11-17/h4-11,13H,12H2,1-3H3,(H,22,23)/b5-4+. The average molecular weight is 335 g/mol. The summed E-state index contributed by atoms with van der Waals surface area (Å²) in [7, 11) is 0. The van der Waals surface area contributed by atoms with E-state index in [0.717, 1.165) is 27.7 Å². The SMILES string of the molecule is CC(=O)/C=C/c1c[nH]c2ncc(-c3ccc(OCC(C)C)nc3)cc12. The van der Waals surface area contributed by atoms with E-state index >= 15 is 0 Å². The first kappa shape index (κ1) is 16.9. The zero-order valence-electron chi connectivity index (χ0n) is 14.6. The number of nitrogens with zero attached hydrogens (tertiary/aromatic N) is 2. The number of allylic oxidation sites excluding steroid dienone is 1. The van der Waals surface area contributed by atoms with Crippen molar-refractivity contribution in [1.82, 2.24) is 15.0 Å². The van der Waals surface area contributed by atoms with Gasteiger partial charge in [0, 0.05) is 46.7 Å². The van der Waals surface area contributed by atoms with Crippen molar-refractivity contribution in [2.45, 2.75) is 20.8 Å². The smallest absolute Gasteiger partial charge is 0.213 e. The maximum atomic E-state index is 11.2. The number of carbonyl (C=O) groups is 1. The predicted octanol–water partition coefficient (Wildman–Crippen LogP) is 4.26. The number of ether oxygens (including phenoxy) is 1. The number of hydrogen-bond donors (Lipinski definition) is 1. The molecule has 0 spiro atoms. The lowest BCUT2D eigenvalue weighted by Gasteiger charge is -2.08. The Morgan fingerprint density at radius 3 is 2.72 bits per heavy atom. The second kappa shape index (κ2) is 7.30. The topological polar surface area (TPSA) is 67.9 Å². The third kappa shape index (κ3) is 4.12. The number of rotatable bonds is 6. The Bertz CT molecular complexity index is 908. The summed E-state index contributed by atoms with van der Waals surface area (Å²) in [6.45, 7) is 6.38. The number of H-pyrrole nitrogens is 1. The van der Waals surface area contributed by atoms with Crippen molar-refractivity contribution in [2.75, 3.05) is 6.61 Å². The molecular weight excluding hydrogens is 314 g/mol. The van der Waals surface area contributed by atoms with E-state index in [1.165, 1.54) is 6.92 Å². The summed E-state index contributed by atoms with van der Waals surface area (Å²) < 4.78 is 5.62. The number of nitrogens with one attached hydrogen (secondary N) is 1. The van der Waals surface area contributed by atoms with E-state index in [9.17, 15) is 4.79 Å². The second-order valence-electron chi connectivity index (χ2n) is 6.40. The molecule has 3 rings (SSSR count). The molecule has 5 heteroatoms. The Balaban J connectivity index is 1.88. The largest absolute Gasteiger partial charge is 0.477 e. The number of hydrogen-bond acceptors (Lipinski definition) is 4. The summed E-state index contributed by atoms with van der Waals surface area (Å²) in [6, 6.07) is 5.89. The molecule has 0 aromatic carbocycles. The molecular formula is C20H21N3O2. The zero-order valence-corrected chi connectivity index (χ0v) is 14.6. The van der Waals surface area contributed by atoms with E-state index in [0.29, 0.717) is 18.4 Å². The van der Waals surface area contributed by atoms with Crippen LogP contribution in [0.1, 0.15) is 26.3 Å². The van der Waals surface area contributed by atoms with Gasteiger partial charge < -0.3 is 9.72 Å². The highest BCUT2D eigenvalue weighted by Gasteiger charge is 2.07. The van der Waals surface area contributed by atoms with Gasteiger partial charge in [-0.25, -0.2) is 9.97 Å². The molecule has 5 nitrogen and oxygen atoms in total. The van der Waals surface area contributed by atoms with Gasteiger partial charge in [0.25, 0.3) is 0 Å². The molecule has 0 saturated heterocycles. The van der Waals surface area contributed by atoms with Gasteiger partial charge in [-0.05, 0) is 37.1 Å². The van der Waals surface area contributed by atoms with Gasteiger partial charge in [0.2, 0.25) is 5.88 Å². The van der Waals surface area contributed by atoms with Crippen LogP contribution in [0, 0.1) is 5.92 Å². The fraction of sp³-hybridized carbons (Fsp3) is 0.250. The van der Waals surface area contributed by atoms with Crippen LogP contribution in [0.5, 0.6) is 5.88 Å². The molecule has 3 aromatic heterocycles. The molecule has 0 atom stereocenters. The van der Waals surface area contributed by atoms with Gasteiger partial charge in [-0.15, -0.1) is 0 Å². The van der Waals surface area contributed by atoms with Crippen LogP contribution in [0.4, 0.5) is 0 Å². The number of ketones is 1. The molecule has 0 fully saturated rings. The van der Waals surface area contributed by atoms with E-state index in [1.54, 1.807) is 18.3 Å². The van der Waals surface area contributed by atoms with Crippen molar-refractivity contribution in [3.05, 3.63) is 48.4 Å². The minimum atomic E-state index is 0.0136. The number of carbonyl (C=O) groups excluding carboxylic acids is 1. The molecule has 25 heavy (non-hydrogen) atoms. The fourth-order valence-corrected chi connectivity index (χ4v) is 2.42. The lowest BCUT2D eigenvalue weighted by atomic mass is 10.1. The van der Waals surface area contributed by atoms with Gasteiger partial charge in [-0.1, -0.05) is 13.8 Å². The van der Waals surface area contributed by atoms with Crippen LogP contribution in [0.3, 0.4) is 0 Å². The molecule has 3 heterocycles. The first-order chi connectivity index (χ1) is 12.0. The Kier molecular flexibility index (Phi) is 4.93. The molecule has 0 aliphatic rings. The average Bonchev–Trinajstić information content (AvgIpc) is 3.01. The van der Waals surface area contributed by atoms with Gasteiger partial charge in [-0.3, -0.25) is 4.79 Å². The Labute approximate surface area is 146 Å². The first-order valence-corrected chi connectivity index (χ1v) is 8.28. The van der Waals surface area contributed by atoms with Crippen LogP contribution in [0.15, 0.2) is 42.9 Å². The number of fused-ring (bicyclic) bond motifs is 1. The van der Waals surface area contributed by atoms with Crippen LogP contribution in [0.2, 0.25) is 0 Å². The molecule has 0 bridgehead atoms. The molecule has 0 unspecified atom stereocenters. The fourth-order valence-electron chi connectivity index (χ4n) is 2.42. The normalized spacial score (nSPS) is 11.5. The Morgan fingerprint density at radius 2 is 2.04 bits per heavy atom. The van der Waals surface area contributed by atoms with Gasteiger partial charge in [0.05, 0.1) is 6.61 Å². The highest BCUT2D eigenvalue weighted by atomic mass is 16.5. The second-order valence-corrected chi connectivity index (χ2v) is 6.40. The molecule has 0 aliphatic heterocycles. The van der Waals surface area contributed by atoms with Crippen LogP contribution >= 0.6 is 0 Å². The maximum absolute atomic E-state index is 11.2. The van der Waals surface area contributed by atoms with Crippen LogP contribution < -0.4 is 4.74 Å². The van der Waals surface area contributed by atoms with Crippen molar-refractivity contribution in [3.63, 3.8) is 0 Å². The minimum absolute atomic E-state index is 0.0136.